The van der Waals surface area contributed by atoms with Crippen LogP contribution in [-0.2, 0) is 27.2 Å². The van der Waals surface area contributed by atoms with Crippen molar-refractivity contribution in [1.82, 2.24) is 4.90 Å². The fraction of sp³-hybridized carbons (Fsp3) is 0.444. The smallest absolute Gasteiger partial charge is 0.309 e. The highest BCUT2D eigenvalue weighted by atomic mass is 35.5. The second-order valence-corrected chi connectivity index (χ2v) is 12.5. The van der Waals surface area contributed by atoms with E-state index in [1.54, 1.807) is 0 Å². The van der Waals surface area contributed by atoms with Crippen LogP contribution in [0.3, 0.4) is 0 Å². The number of halogens is 1. The number of benzene rings is 3. The van der Waals surface area contributed by atoms with Crippen molar-refractivity contribution in [3.05, 3.63) is 81.4 Å². The van der Waals surface area contributed by atoms with Crippen molar-refractivity contribution in [3.63, 3.8) is 0 Å². The largest absolute Gasteiger partial charge is 0.491 e. The topological polar surface area (TPSA) is 107 Å². The molecule has 3 aromatic carbocycles. The molecule has 246 valence electrons. The number of carbonyl (C=O) groups excluding carboxylic acids is 1. The molecule has 0 unspecified atom stereocenters. The maximum absolute atomic E-state index is 13.8. The molecule has 0 saturated carbocycles. The molecule has 10 heteroatoms. The average molecular weight is 651 g/mol. The second kappa shape index (κ2) is 14.8. The van der Waals surface area contributed by atoms with E-state index in [1.165, 1.54) is 0 Å². The molecule has 46 heavy (non-hydrogen) atoms. The van der Waals surface area contributed by atoms with E-state index in [2.05, 4.69) is 5.32 Å². The normalized spacial score (nSPS) is 19.1. The standard InChI is InChI=1S/C36H43ClN2O7/c1-6-23-16-26(37)17-24(7-2)33(23)38-31(40)19-39-18-29(28-12-13-30-35(22(28)5)46-20-45-30)32(36(41)42)34(39)25-8-10-27(11-9-25)44-15-14-43-21(3)4/h8-13,16-17,21,29,32,34H,6-7,14-15,18-20H2,1-5H3,(H,38,40)(H,41,42)/t29-,32-,34+/m1/s1. The Morgan fingerprint density at radius 2 is 1.74 bits per heavy atom. The lowest BCUT2D eigenvalue weighted by molar-refractivity contribution is -0.143. The first-order valence-electron chi connectivity index (χ1n) is 15.9. The van der Waals surface area contributed by atoms with Gasteiger partial charge >= 0.3 is 5.97 Å². The van der Waals surface area contributed by atoms with Crippen molar-refractivity contribution in [3.8, 4) is 17.2 Å². The van der Waals surface area contributed by atoms with Gasteiger partial charge in [0.15, 0.2) is 11.5 Å². The Bertz CT molecular complexity index is 1530. The molecule has 3 atom stereocenters. The van der Waals surface area contributed by atoms with Gasteiger partial charge in [-0.2, -0.15) is 0 Å². The molecule has 2 N–H and O–H groups in total. The quantitative estimate of drug-likeness (QED) is 0.195. The first kappa shape index (κ1) is 33.6. The highest BCUT2D eigenvalue weighted by Gasteiger charge is 2.48. The summed E-state index contributed by atoms with van der Waals surface area (Å²) in [7, 11) is 0. The van der Waals surface area contributed by atoms with Gasteiger partial charge in [-0.1, -0.05) is 43.6 Å². The number of ether oxygens (including phenoxy) is 4. The number of rotatable bonds is 13. The van der Waals surface area contributed by atoms with Gasteiger partial charge in [-0.15, -0.1) is 0 Å². The zero-order valence-corrected chi connectivity index (χ0v) is 27.9. The monoisotopic (exact) mass is 650 g/mol. The number of carboxylic acid groups (broad SMARTS) is 1. The van der Waals surface area contributed by atoms with Crippen LogP contribution in [0.1, 0.15) is 67.5 Å². The predicted molar refractivity (Wildman–Crippen MR) is 177 cm³/mol. The van der Waals surface area contributed by atoms with E-state index in [0.29, 0.717) is 54.9 Å². The molecule has 0 radical (unpaired) electrons. The lowest BCUT2D eigenvalue weighted by Gasteiger charge is -2.27. The molecule has 1 saturated heterocycles. The molecule has 1 fully saturated rings. The summed E-state index contributed by atoms with van der Waals surface area (Å²) in [6.07, 6.45) is 1.54. The maximum Gasteiger partial charge on any atom is 0.309 e. The summed E-state index contributed by atoms with van der Waals surface area (Å²) < 4.78 is 22.7. The van der Waals surface area contributed by atoms with Crippen molar-refractivity contribution in [2.45, 2.75) is 65.5 Å². The zero-order valence-electron chi connectivity index (χ0n) is 27.1. The van der Waals surface area contributed by atoms with Crippen LogP contribution in [0.4, 0.5) is 5.69 Å². The lowest BCUT2D eigenvalue weighted by atomic mass is 9.81. The number of fused-ring (bicyclic) bond motifs is 1. The highest BCUT2D eigenvalue weighted by Crippen LogP contribution is 2.49. The van der Waals surface area contributed by atoms with Crippen molar-refractivity contribution in [2.24, 2.45) is 5.92 Å². The van der Waals surface area contributed by atoms with Crippen LogP contribution in [0, 0.1) is 12.8 Å². The summed E-state index contributed by atoms with van der Waals surface area (Å²) in [5.41, 5.74) is 5.21. The summed E-state index contributed by atoms with van der Waals surface area (Å²) in [5, 5.41) is 14.5. The number of anilines is 1. The van der Waals surface area contributed by atoms with E-state index in [0.717, 1.165) is 33.5 Å². The zero-order chi connectivity index (χ0) is 33.0. The van der Waals surface area contributed by atoms with Gasteiger partial charge in [0.1, 0.15) is 12.4 Å². The van der Waals surface area contributed by atoms with Crippen LogP contribution in [0.25, 0.3) is 0 Å². The molecule has 9 nitrogen and oxygen atoms in total. The van der Waals surface area contributed by atoms with Gasteiger partial charge in [-0.3, -0.25) is 14.5 Å². The summed E-state index contributed by atoms with van der Waals surface area (Å²) in [6.45, 7) is 11.3. The van der Waals surface area contributed by atoms with Gasteiger partial charge in [-0.05, 0) is 91.8 Å². The molecule has 5 rings (SSSR count). The molecule has 1 amide bonds. The minimum Gasteiger partial charge on any atom is -0.491 e. The second-order valence-electron chi connectivity index (χ2n) is 12.0. The van der Waals surface area contributed by atoms with E-state index in [1.807, 2.05) is 88.0 Å². The number of aryl methyl sites for hydroxylation is 2. The summed E-state index contributed by atoms with van der Waals surface area (Å²) in [5.74, 6) is -0.424. The van der Waals surface area contributed by atoms with Crippen molar-refractivity contribution in [2.75, 3.05) is 38.4 Å². The number of hydrogen-bond donors (Lipinski definition) is 2. The number of aliphatic carboxylic acids is 1. The lowest BCUT2D eigenvalue weighted by Crippen LogP contribution is -2.35. The Hall–Kier alpha value is -3.79. The average Bonchev–Trinajstić information content (AvgIpc) is 3.66. The van der Waals surface area contributed by atoms with Crippen molar-refractivity contribution in [1.29, 1.82) is 0 Å². The molecule has 2 aliphatic heterocycles. The van der Waals surface area contributed by atoms with Crippen LogP contribution in [0.5, 0.6) is 17.2 Å². The number of carbonyl (C=O) groups is 2. The minimum absolute atomic E-state index is 0.00821. The molecule has 0 aliphatic carbocycles. The number of carboxylic acids is 1. The minimum atomic E-state index is -0.930. The molecule has 0 spiro atoms. The predicted octanol–water partition coefficient (Wildman–Crippen LogP) is 6.79. The van der Waals surface area contributed by atoms with Gasteiger partial charge in [0.2, 0.25) is 12.7 Å². The number of amides is 1. The first-order chi connectivity index (χ1) is 22.1. The van der Waals surface area contributed by atoms with E-state index < -0.39 is 23.8 Å². The molecule has 2 aliphatic rings. The maximum atomic E-state index is 13.8. The van der Waals surface area contributed by atoms with Gasteiger partial charge in [-0.25, -0.2) is 0 Å². The third-order valence-corrected chi connectivity index (χ3v) is 8.99. The summed E-state index contributed by atoms with van der Waals surface area (Å²) in [4.78, 5) is 28.8. The number of hydrogen-bond acceptors (Lipinski definition) is 7. The third kappa shape index (κ3) is 7.27. The SMILES string of the molecule is CCc1cc(Cl)cc(CC)c1NC(=O)CN1C[C@H](c2ccc3c(c2C)OCO3)[C@@H](C(=O)O)[C@@H]1c1ccc(OCCOC(C)C)cc1. The fourth-order valence-corrected chi connectivity index (χ4v) is 6.91. The molecule has 3 aromatic rings. The van der Waals surface area contributed by atoms with Gasteiger partial charge in [0.25, 0.3) is 0 Å². The molecule has 2 heterocycles. The Morgan fingerprint density at radius 1 is 1.04 bits per heavy atom. The fourth-order valence-electron chi connectivity index (χ4n) is 6.65. The Balaban J connectivity index is 1.46. The van der Waals surface area contributed by atoms with Crippen LogP contribution >= 0.6 is 11.6 Å². The third-order valence-electron chi connectivity index (χ3n) is 8.78. The Morgan fingerprint density at radius 3 is 2.37 bits per heavy atom. The first-order valence-corrected chi connectivity index (χ1v) is 16.3. The highest BCUT2D eigenvalue weighted by molar-refractivity contribution is 6.30. The Labute approximate surface area is 275 Å². The van der Waals surface area contributed by atoms with Crippen LogP contribution in [-0.4, -0.2) is 61.1 Å². The van der Waals surface area contributed by atoms with Gasteiger partial charge in [0, 0.05) is 29.2 Å². The Kier molecular flexibility index (Phi) is 10.8. The summed E-state index contributed by atoms with van der Waals surface area (Å²) in [6, 6.07) is 14.4. The van der Waals surface area contributed by atoms with Crippen LogP contribution in [0.2, 0.25) is 5.02 Å². The van der Waals surface area contributed by atoms with Crippen LogP contribution in [0.15, 0.2) is 48.5 Å². The van der Waals surface area contributed by atoms with Gasteiger partial charge < -0.3 is 29.4 Å². The number of nitrogens with one attached hydrogen (secondary N) is 1. The molecule has 0 aromatic heterocycles. The number of nitrogens with zero attached hydrogens (tertiary/aromatic N) is 1. The molecular weight excluding hydrogens is 608 g/mol. The summed E-state index contributed by atoms with van der Waals surface area (Å²) >= 11 is 6.36. The van der Waals surface area contributed by atoms with Crippen molar-refractivity contribution < 1.29 is 33.6 Å². The van der Waals surface area contributed by atoms with Crippen LogP contribution < -0.4 is 19.5 Å². The van der Waals surface area contributed by atoms with E-state index in [9.17, 15) is 14.7 Å². The van der Waals surface area contributed by atoms with E-state index in [4.69, 9.17) is 30.5 Å². The molecular formula is C36H43ClN2O7. The van der Waals surface area contributed by atoms with Gasteiger partial charge in [0.05, 0.1) is 25.2 Å². The molecule has 0 bridgehead atoms. The van der Waals surface area contributed by atoms with E-state index in [-0.39, 0.29) is 25.3 Å². The number of likely N-dealkylation sites (tertiary alicyclic amines) is 1. The van der Waals surface area contributed by atoms with Crippen molar-refractivity contribution >= 4 is 29.2 Å². The van der Waals surface area contributed by atoms with E-state index >= 15 is 0 Å².